The molecule has 0 bridgehead atoms. The molecule has 4 heteroatoms. The Labute approximate surface area is 190 Å². The van der Waals surface area contributed by atoms with Crippen LogP contribution in [0.15, 0.2) is 55.1 Å². The number of hydrogen-bond acceptors (Lipinski definition) is 3. The molecule has 0 atom stereocenters. The van der Waals surface area contributed by atoms with Crippen LogP contribution in [0, 0.1) is 0 Å². The Morgan fingerprint density at radius 1 is 0.800 bits per heavy atom. The van der Waals surface area contributed by atoms with E-state index in [1.807, 2.05) is 12.1 Å². The van der Waals surface area contributed by atoms with Crippen molar-refractivity contribution in [3.8, 4) is 0 Å². The molecule has 0 saturated heterocycles. The first kappa shape index (κ1) is 24.2. The smallest absolute Gasteiger partial charge is 0.337 e. The van der Waals surface area contributed by atoms with E-state index in [1.54, 1.807) is 12.1 Å². The molecule has 0 heterocycles. The first-order valence-corrected chi connectivity index (χ1v) is 12.1. The fourth-order valence-corrected chi connectivity index (χ4v) is 3.79. The van der Waals surface area contributed by atoms with Gasteiger partial charge in [0.25, 0.3) is 0 Å². The minimum Gasteiger partial charge on any atom is -0.465 e. The average Bonchev–Trinajstić information content (AvgIpc) is 2.80. The van der Waals surface area contributed by atoms with Crippen LogP contribution >= 0.6 is 15.9 Å². The summed E-state index contributed by atoms with van der Waals surface area (Å²) in [7, 11) is 1.39. The second-order valence-corrected chi connectivity index (χ2v) is 8.36. The fraction of sp³-hybridized carbons (Fsp3) is 0.423. The van der Waals surface area contributed by atoms with Crippen LogP contribution in [-0.2, 0) is 4.74 Å². The Bertz CT molecular complexity index is 769. The standard InChI is InChI=1S/C26H34BrNO2/c1-21(22-11-13-24(14-12-22)26(29)30-2)23-15-17-25(18-16-23)28-20-10-8-6-4-3-5-7-9-19-27/h11-18,28H,1,3-10,19-20H2,2H3. The van der Waals surface area contributed by atoms with Crippen molar-refractivity contribution in [2.24, 2.45) is 0 Å². The molecule has 0 unspecified atom stereocenters. The molecule has 0 aliphatic carbocycles. The van der Waals surface area contributed by atoms with Crippen molar-refractivity contribution in [2.45, 2.75) is 51.4 Å². The molecule has 1 N–H and O–H groups in total. The number of carbonyl (C=O) groups excluding carboxylic acids is 1. The number of alkyl halides is 1. The Morgan fingerprint density at radius 2 is 1.27 bits per heavy atom. The quantitative estimate of drug-likeness (QED) is 0.176. The highest BCUT2D eigenvalue weighted by Crippen LogP contribution is 2.23. The number of rotatable bonds is 14. The lowest BCUT2D eigenvalue weighted by molar-refractivity contribution is 0.0600. The lowest BCUT2D eigenvalue weighted by Crippen LogP contribution is -2.01. The van der Waals surface area contributed by atoms with Crippen molar-refractivity contribution in [2.75, 3.05) is 24.3 Å². The van der Waals surface area contributed by atoms with E-state index >= 15 is 0 Å². The third-order valence-electron chi connectivity index (χ3n) is 5.28. The Balaban J connectivity index is 1.69. The SMILES string of the molecule is C=C(c1ccc(NCCCCCCCCCCBr)cc1)c1ccc(C(=O)OC)cc1. The van der Waals surface area contributed by atoms with Crippen molar-refractivity contribution in [3.63, 3.8) is 0 Å². The minimum atomic E-state index is -0.326. The monoisotopic (exact) mass is 471 g/mol. The van der Waals surface area contributed by atoms with E-state index in [0.717, 1.165) is 34.3 Å². The van der Waals surface area contributed by atoms with Crippen LogP contribution in [0.3, 0.4) is 0 Å². The van der Waals surface area contributed by atoms with E-state index in [0.29, 0.717) is 5.56 Å². The lowest BCUT2D eigenvalue weighted by Gasteiger charge is -2.10. The Kier molecular flexibility index (Phi) is 11.3. The predicted octanol–water partition coefficient (Wildman–Crippen LogP) is 7.46. The molecule has 0 fully saturated rings. The molecule has 2 aromatic rings. The molecule has 2 aromatic carbocycles. The lowest BCUT2D eigenvalue weighted by atomic mass is 9.98. The number of anilines is 1. The van der Waals surface area contributed by atoms with E-state index in [-0.39, 0.29) is 5.97 Å². The first-order chi connectivity index (χ1) is 14.7. The third kappa shape index (κ3) is 8.35. The number of esters is 1. The van der Waals surface area contributed by atoms with Crippen LogP contribution in [0.2, 0.25) is 0 Å². The van der Waals surface area contributed by atoms with Crippen LogP contribution in [0.25, 0.3) is 5.57 Å². The topological polar surface area (TPSA) is 38.3 Å². The van der Waals surface area contributed by atoms with Gasteiger partial charge in [0.15, 0.2) is 0 Å². The summed E-state index contributed by atoms with van der Waals surface area (Å²) in [5, 5.41) is 4.65. The van der Waals surface area contributed by atoms with Gasteiger partial charge in [0.1, 0.15) is 0 Å². The van der Waals surface area contributed by atoms with Gasteiger partial charge in [-0.15, -0.1) is 0 Å². The van der Waals surface area contributed by atoms with Gasteiger partial charge in [0, 0.05) is 17.6 Å². The second kappa shape index (κ2) is 14.0. The molecule has 0 amide bonds. The largest absolute Gasteiger partial charge is 0.465 e. The van der Waals surface area contributed by atoms with Gasteiger partial charge in [0.2, 0.25) is 0 Å². The van der Waals surface area contributed by atoms with Gasteiger partial charge in [-0.3, -0.25) is 0 Å². The number of ether oxygens (including phenoxy) is 1. The number of methoxy groups -OCH3 is 1. The van der Waals surface area contributed by atoms with Gasteiger partial charge in [-0.2, -0.15) is 0 Å². The number of halogens is 1. The van der Waals surface area contributed by atoms with Gasteiger partial charge >= 0.3 is 5.97 Å². The highest BCUT2D eigenvalue weighted by atomic mass is 79.9. The number of hydrogen-bond donors (Lipinski definition) is 1. The molecule has 162 valence electrons. The highest BCUT2D eigenvalue weighted by Gasteiger charge is 2.07. The van der Waals surface area contributed by atoms with Gasteiger partial charge in [0.05, 0.1) is 12.7 Å². The molecular weight excluding hydrogens is 438 g/mol. The molecule has 3 nitrogen and oxygen atoms in total. The van der Waals surface area contributed by atoms with Crippen LogP contribution in [0.5, 0.6) is 0 Å². The van der Waals surface area contributed by atoms with Crippen LogP contribution in [-0.4, -0.2) is 25.0 Å². The average molecular weight is 472 g/mol. The maximum Gasteiger partial charge on any atom is 0.337 e. The zero-order chi connectivity index (χ0) is 21.6. The first-order valence-electron chi connectivity index (χ1n) is 10.9. The second-order valence-electron chi connectivity index (χ2n) is 7.57. The maximum absolute atomic E-state index is 11.6. The summed E-state index contributed by atoms with van der Waals surface area (Å²) in [6, 6.07) is 15.7. The Morgan fingerprint density at radius 3 is 1.80 bits per heavy atom. The predicted molar refractivity (Wildman–Crippen MR) is 132 cm³/mol. The summed E-state index contributed by atoms with van der Waals surface area (Å²) < 4.78 is 4.74. The maximum atomic E-state index is 11.6. The number of carbonyl (C=O) groups is 1. The summed E-state index contributed by atoms with van der Waals surface area (Å²) in [4.78, 5) is 11.6. The molecule has 0 radical (unpaired) electrons. The molecule has 2 rings (SSSR count). The molecule has 0 spiro atoms. The third-order valence-corrected chi connectivity index (χ3v) is 5.84. The van der Waals surface area contributed by atoms with Gasteiger partial charge in [-0.1, -0.05) is 85.3 Å². The van der Waals surface area contributed by atoms with E-state index in [2.05, 4.69) is 52.1 Å². The van der Waals surface area contributed by atoms with E-state index < -0.39 is 0 Å². The molecule has 0 aliphatic rings. The van der Waals surface area contributed by atoms with Crippen LogP contribution in [0.4, 0.5) is 5.69 Å². The van der Waals surface area contributed by atoms with Crippen LogP contribution < -0.4 is 5.32 Å². The van der Waals surface area contributed by atoms with Crippen molar-refractivity contribution in [3.05, 3.63) is 71.8 Å². The summed E-state index contributed by atoms with van der Waals surface area (Å²) in [5.41, 5.74) is 4.70. The summed E-state index contributed by atoms with van der Waals surface area (Å²) in [6.45, 7) is 5.22. The van der Waals surface area contributed by atoms with Gasteiger partial charge in [-0.05, 0) is 53.8 Å². The van der Waals surface area contributed by atoms with Crippen molar-refractivity contribution in [1.82, 2.24) is 0 Å². The zero-order valence-electron chi connectivity index (χ0n) is 18.1. The normalized spacial score (nSPS) is 10.6. The summed E-state index contributed by atoms with van der Waals surface area (Å²) in [5.74, 6) is -0.326. The zero-order valence-corrected chi connectivity index (χ0v) is 19.7. The number of benzene rings is 2. The van der Waals surface area contributed by atoms with Crippen LogP contribution in [0.1, 0.15) is 72.9 Å². The summed E-state index contributed by atoms with van der Waals surface area (Å²) in [6.07, 6.45) is 10.6. The van der Waals surface area contributed by atoms with E-state index in [9.17, 15) is 4.79 Å². The Hall–Kier alpha value is -2.07. The van der Waals surface area contributed by atoms with Crippen molar-refractivity contribution in [1.29, 1.82) is 0 Å². The van der Waals surface area contributed by atoms with Gasteiger partial charge < -0.3 is 10.1 Å². The fourth-order valence-electron chi connectivity index (χ4n) is 3.39. The van der Waals surface area contributed by atoms with Gasteiger partial charge in [-0.25, -0.2) is 4.79 Å². The van der Waals surface area contributed by atoms with E-state index in [4.69, 9.17) is 4.74 Å². The molecule has 0 aromatic heterocycles. The summed E-state index contributed by atoms with van der Waals surface area (Å²) >= 11 is 3.49. The van der Waals surface area contributed by atoms with Crippen molar-refractivity contribution >= 4 is 33.2 Å². The minimum absolute atomic E-state index is 0.326. The highest BCUT2D eigenvalue weighted by molar-refractivity contribution is 9.09. The van der Waals surface area contributed by atoms with Crippen molar-refractivity contribution < 1.29 is 9.53 Å². The molecule has 0 saturated carbocycles. The molecular formula is C26H34BrNO2. The number of nitrogens with one attached hydrogen (secondary N) is 1. The van der Waals surface area contributed by atoms with E-state index in [1.165, 1.54) is 58.5 Å². The molecule has 30 heavy (non-hydrogen) atoms. The molecule has 0 aliphatic heterocycles. The number of unbranched alkanes of at least 4 members (excludes halogenated alkanes) is 7.